The van der Waals surface area contributed by atoms with E-state index in [0.29, 0.717) is 5.56 Å². The van der Waals surface area contributed by atoms with Gasteiger partial charge in [-0.25, -0.2) is 8.42 Å². The molecular formula is C23H21F3N2O3S. The fraction of sp³-hybridized carbons (Fsp3) is 0.174. The molecule has 0 radical (unpaired) electrons. The highest BCUT2D eigenvalue weighted by atomic mass is 32.2. The van der Waals surface area contributed by atoms with E-state index in [0.717, 1.165) is 29.8 Å². The molecule has 0 spiro atoms. The standard InChI is InChI=1S/C23H21F3N2O3S/c1-16-7-13-20(14-8-16)32(30,31)28-21(15-17-5-3-2-4-6-17)22(29)27-19-11-9-18(10-12-19)23(24,25)26/h2-14,21,28H,15H2,1H3,(H,27,29)/t21-/m0/s1. The highest BCUT2D eigenvalue weighted by Crippen LogP contribution is 2.29. The molecular weight excluding hydrogens is 441 g/mol. The molecule has 2 N–H and O–H groups in total. The Balaban J connectivity index is 1.83. The third-order valence-corrected chi connectivity index (χ3v) is 6.20. The molecule has 0 aliphatic rings. The molecule has 0 aliphatic carbocycles. The molecule has 3 aromatic rings. The minimum Gasteiger partial charge on any atom is -0.325 e. The van der Waals surface area contributed by atoms with Gasteiger partial charge in [0, 0.05) is 5.69 Å². The average Bonchev–Trinajstić information content (AvgIpc) is 2.74. The number of aryl methyl sites for hydroxylation is 1. The minimum atomic E-state index is -4.50. The lowest BCUT2D eigenvalue weighted by atomic mass is 10.1. The van der Waals surface area contributed by atoms with Crippen molar-refractivity contribution in [1.82, 2.24) is 4.72 Å². The average molecular weight is 462 g/mol. The predicted octanol–water partition coefficient (Wildman–Crippen LogP) is 4.54. The Morgan fingerprint density at radius 2 is 1.50 bits per heavy atom. The largest absolute Gasteiger partial charge is 0.416 e. The van der Waals surface area contributed by atoms with Crippen LogP contribution >= 0.6 is 0 Å². The summed E-state index contributed by atoms with van der Waals surface area (Å²) < 4.78 is 66.4. The van der Waals surface area contributed by atoms with Crippen LogP contribution in [0.3, 0.4) is 0 Å². The molecule has 0 heterocycles. The number of halogens is 3. The maximum atomic E-state index is 12.9. The summed E-state index contributed by atoms with van der Waals surface area (Å²) in [5.74, 6) is -0.690. The van der Waals surface area contributed by atoms with E-state index < -0.39 is 33.7 Å². The Hall–Kier alpha value is -3.17. The van der Waals surface area contributed by atoms with Crippen molar-refractivity contribution < 1.29 is 26.4 Å². The van der Waals surface area contributed by atoms with E-state index in [1.165, 1.54) is 12.1 Å². The summed E-state index contributed by atoms with van der Waals surface area (Å²) in [4.78, 5) is 12.9. The number of anilines is 1. The Bertz CT molecular complexity index is 1160. The molecule has 0 aliphatic heterocycles. The van der Waals surface area contributed by atoms with Gasteiger partial charge in [-0.05, 0) is 55.3 Å². The molecule has 3 aromatic carbocycles. The van der Waals surface area contributed by atoms with Crippen LogP contribution in [-0.4, -0.2) is 20.4 Å². The van der Waals surface area contributed by atoms with Crippen LogP contribution in [0.1, 0.15) is 16.7 Å². The number of nitrogens with one attached hydrogen (secondary N) is 2. The molecule has 0 saturated carbocycles. The number of amides is 1. The fourth-order valence-electron chi connectivity index (χ4n) is 2.98. The van der Waals surface area contributed by atoms with E-state index in [1.54, 1.807) is 42.5 Å². The zero-order valence-electron chi connectivity index (χ0n) is 17.1. The molecule has 0 fully saturated rings. The second-order valence-electron chi connectivity index (χ2n) is 7.24. The highest BCUT2D eigenvalue weighted by molar-refractivity contribution is 7.89. The lowest BCUT2D eigenvalue weighted by molar-refractivity contribution is -0.137. The number of rotatable bonds is 7. The van der Waals surface area contributed by atoms with Crippen LogP contribution in [0.15, 0.2) is 83.8 Å². The molecule has 1 atom stereocenters. The summed E-state index contributed by atoms with van der Waals surface area (Å²) in [5, 5.41) is 2.49. The van der Waals surface area contributed by atoms with Gasteiger partial charge < -0.3 is 5.32 Å². The van der Waals surface area contributed by atoms with Gasteiger partial charge in [0.15, 0.2) is 0 Å². The first kappa shape index (κ1) is 23.5. The van der Waals surface area contributed by atoms with E-state index in [4.69, 9.17) is 0 Å². The van der Waals surface area contributed by atoms with Crippen molar-refractivity contribution in [3.05, 3.63) is 95.6 Å². The zero-order valence-corrected chi connectivity index (χ0v) is 17.9. The molecule has 9 heteroatoms. The normalized spacial score (nSPS) is 12.9. The van der Waals surface area contributed by atoms with Gasteiger partial charge in [0.25, 0.3) is 0 Å². The lowest BCUT2D eigenvalue weighted by Gasteiger charge is -2.19. The second kappa shape index (κ2) is 9.54. The summed E-state index contributed by atoms with van der Waals surface area (Å²) in [6, 6.07) is 17.7. The van der Waals surface area contributed by atoms with Gasteiger partial charge in [-0.15, -0.1) is 0 Å². The first-order valence-corrected chi connectivity index (χ1v) is 11.1. The third kappa shape index (κ3) is 6.18. The van der Waals surface area contributed by atoms with Crippen LogP contribution in [0.4, 0.5) is 18.9 Å². The van der Waals surface area contributed by atoms with E-state index in [2.05, 4.69) is 10.0 Å². The van der Waals surface area contributed by atoms with Gasteiger partial charge in [0.1, 0.15) is 6.04 Å². The van der Waals surface area contributed by atoms with E-state index in [1.807, 2.05) is 6.92 Å². The van der Waals surface area contributed by atoms with Crippen LogP contribution in [0, 0.1) is 6.92 Å². The molecule has 1 amide bonds. The zero-order chi connectivity index (χ0) is 23.4. The van der Waals surface area contributed by atoms with Crippen LogP contribution in [0.25, 0.3) is 0 Å². The summed E-state index contributed by atoms with van der Waals surface area (Å²) in [6.45, 7) is 1.82. The van der Waals surface area contributed by atoms with Gasteiger partial charge >= 0.3 is 6.18 Å². The Morgan fingerprint density at radius 3 is 2.06 bits per heavy atom. The number of alkyl halides is 3. The van der Waals surface area contributed by atoms with Crippen LogP contribution in [0.2, 0.25) is 0 Å². The van der Waals surface area contributed by atoms with E-state index >= 15 is 0 Å². The number of sulfonamides is 1. The molecule has 5 nitrogen and oxygen atoms in total. The molecule has 0 bridgehead atoms. The highest BCUT2D eigenvalue weighted by Gasteiger charge is 2.30. The Labute approximate surface area is 184 Å². The summed E-state index contributed by atoms with van der Waals surface area (Å²) in [7, 11) is -4.02. The number of benzene rings is 3. The Kier molecular flexibility index (Phi) is 7.00. The maximum Gasteiger partial charge on any atom is 0.416 e. The molecule has 0 aromatic heterocycles. The quantitative estimate of drug-likeness (QED) is 0.541. The fourth-order valence-corrected chi connectivity index (χ4v) is 4.18. The van der Waals surface area contributed by atoms with Crippen molar-refractivity contribution in [2.75, 3.05) is 5.32 Å². The molecule has 0 saturated heterocycles. The maximum absolute atomic E-state index is 12.9. The van der Waals surface area contributed by atoms with Gasteiger partial charge in [0.05, 0.1) is 10.5 Å². The smallest absolute Gasteiger partial charge is 0.325 e. The number of carbonyl (C=O) groups is 1. The topological polar surface area (TPSA) is 75.3 Å². The Morgan fingerprint density at radius 1 is 0.906 bits per heavy atom. The predicted molar refractivity (Wildman–Crippen MR) is 116 cm³/mol. The van der Waals surface area contributed by atoms with Crippen LogP contribution in [0.5, 0.6) is 0 Å². The number of carbonyl (C=O) groups excluding carboxylic acids is 1. The molecule has 3 rings (SSSR count). The van der Waals surface area contributed by atoms with E-state index in [9.17, 15) is 26.4 Å². The van der Waals surface area contributed by atoms with Gasteiger partial charge in [-0.1, -0.05) is 48.0 Å². The molecule has 168 valence electrons. The first-order chi connectivity index (χ1) is 15.0. The summed E-state index contributed by atoms with van der Waals surface area (Å²) in [6.07, 6.45) is -4.44. The summed E-state index contributed by atoms with van der Waals surface area (Å²) >= 11 is 0. The van der Waals surface area contributed by atoms with Crippen molar-refractivity contribution in [1.29, 1.82) is 0 Å². The molecule has 0 unspecified atom stereocenters. The first-order valence-electron chi connectivity index (χ1n) is 9.66. The van der Waals surface area contributed by atoms with Crippen molar-refractivity contribution in [3.63, 3.8) is 0 Å². The van der Waals surface area contributed by atoms with Crippen molar-refractivity contribution in [3.8, 4) is 0 Å². The van der Waals surface area contributed by atoms with Crippen LogP contribution in [-0.2, 0) is 27.4 Å². The SMILES string of the molecule is Cc1ccc(S(=O)(=O)N[C@@H](Cc2ccccc2)C(=O)Nc2ccc(C(F)(F)F)cc2)cc1. The lowest BCUT2D eigenvalue weighted by Crippen LogP contribution is -2.45. The van der Waals surface area contributed by atoms with Crippen LogP contribution < -0.4 is 10.0 Å². The molecule has 32 heavy (non-hydrogen) atoms. The van der Waals surface area contributed by atoms with Gasteiger partial charge in [-0.2, -0.15) is 17.9 Å². The van der Waals surface area contributed by atoms with Crippen molar-refractivity contribution >= 4 is 21.6 Å². The van der Waals surface area contributed by atoms with Gasteiger partial charge in [-0.3, -0.25) is 4.79 Å². The van der Waals surface area contributed by atoms with Crippen molar-refractivity contribution in [2.45, 2.75) is 30.5 Å². The second-order valence-corrected chi connectivity index (χ2v) is 8.95. The third-order valence-electron chi connectivity index (χ3n) is 4.71. The van der Waals surface area contributed by atoms with Crippen molar-refractivity contribution in [2.24, 2.45) is 0 Å². The monoisotopic (exact) mass is 462 g/mol. The van der Waals surface area contributed by atoms with Gasteiger partial charge in [0.2, 0.25) is 15.9 Å². The number of hydrogen-bond donors (Lipinski definition) is 2. The summed E-state index contributed by atoms with van der Waals surface area (Å²) in [5.41, 5.74) is 0.864. The van der Waals surface area contributed by atoms with E-state index in [-0.39, 0.29) is 17.0 Å². The number of hydrogen-bond acceptors (Lipinski definition) is 3. The minimum absolute atomic E-state index is 0.00323.